The van der Waals surface area contributed by atoms with Gasteiger partial charge in [0.2, 0.25) is 5.91 Å². The van der Waals surface area contributed by atoms with Gasteiger partial charge in [-0.1, -0.05) is 20.3 Å². The van der Waals surface area contributed by atoms with Crippen LogP contribution in [0.25, 0.3) is 0 Å². The van der Waals surface area contributed by atoms with Crippen molar-refractivity contribution in [3.8, 4) is 0 Å². The van der Waals surface area contributed by atoms with Crippen molar-refractivity contribution in [2.75, 3.05) is 52.9 Å². The summed E-state index contributed by atoms with van der Waals surface area (Å²) in [4.78, 5) is 21.0. The van der Waals surface area contributed by atoms with Gasteiger partial charge < -0.3 is 15.5 Å². The van der Waals surface area contributed by atoms with Gasteiger partial charge >= 0.3 is 0 Å². The van der Waals surface area contributed by atoms with Gasteiger partial charge in [0.05, 0.1) is 0 Å². The van der Waals surface area contributed by atoms with Crippen LogP contribution in [0.3, 0.4) is 0 Å². The average Bonchev–Trinajstić information content (AvgIpc) is 2.49. The number of hydrogen-bond donors (Lipinski definition) is 2. The van der Waals surface area contributed by atoms with Gasteiger partial charge in [-0.2, -0.15) is 0 Å². The molecule has 1 heterocycles. The Morgan fingerprint density at radius 3 is 2.39 bits per heavy atom. The maximum Gasteiger partial charge on any atom is 0.225 e. The summed E-state index contributed by atoms with van der Waals surface area (Å²) in [6.45, 7) is 10.9. The summed E-state index contributed by atoms with van der Waals surface area (Å²) in [5, 5.41) is 6.68. The molecule has 0 atom stereocenters. The van der Waals surface area contributed by atoms with E-state index in [0.717, 1.165) is 64.6 Å². The highest BCUT2D eigenvalue weighted by atomic mass is 16.2. The molecule has 1 saturated heterocycles. The fourth-order valence-corrected chi connectivity index (χ4v) is 2.96. The largest absolute Gasteiger partial charge is 0.356 e. The quantitative estimate of drug-likeness (QED) is 0.559. The van der Waals surface area contributed by atoms with Gasteiger partial charge in [-0.3, -0.25) is 14.7 Å². The molecule has 6 heteroatoms. The van der Waals surface area contributed by atoms with Crippen molar-refractivity contribution < 1.29 is 4.79 Å². The van der Waals surface area contributed by atoms with Crippen molar-refractivity contribution in [3.63, 3.8) is 0 Å². The van der Waals surface area contributed by atoms with E-state index < -0.39 is 0 Å². The molecule has 2 rings (SSSR count). The standard InChI is InChI=1S/C17H33N5O/c1-14(2)13-20-17(18-3)19-7-8-21-9-11-22(12-10-21)16(23)15-5-4-6-15/h14-15H,4-13H2,1-3H3,(H2,18,19,20). The van der Waals surface area contributed by atoms with E-state index in [0.29, 0.717) is 17.7 Å². The highest BCUT2D eigenvalue weighted by Crippen LogP contribution is 2.28. The number of rotatable bonds is 6. The zero-order valence-electron chi connectivity index (χ0n) is 15.0. The fraction of sp³-hybridized carbons (Fsp3) is 0.882. The minimum Gasteiger partial charge on any atom is -0.356 e. The first-order valence-corrected chi connectivity index (χ1v) is 9.05. The molecule has 0 unspecified atom stereocenters. The molecule has 1 aliphatic heterocycles. The van der Waals surface area contributed by atoms with Gasteiger partial charge in [0.1, 0.15) is 0 Å². The van der Waals surface area contributed by atoms with Gasteiger partial charge in [-0.25, -0.2) is 0 Å². The Kier molecular flexibility index (Phi) is 7.15. The summed E-state index contributed by atoms with van der Waals surface area (Å²) < 4.78 is 0. The summed E-state index contributed by atoms with van der Waals surface area (Å²) >= 11 is 0. The number of hydrogen-bond acceptors (Lipinski definition) is 3. The molecular weight excluding hydrogens is 290 g/mol. The molecule has 2 fully saturated rings. The second kappa shape index (κ2) is 9.11. The number of nitrogens with one attached hydrogen (secondary N) is 2. The van der Waals surface area contributed by atoms with Crippen LogP contribution in [0.4, 0.5) is 0 Å². The third-order valence-corrected chi connectivity index (χ3v) is 4.76. The third kappa shape index (κ3) is 5.68. The van der Waals surface area contributed by atoms with Crippen LogP contribution in [0.5, 0.6) is 0 Å². The highest BCUT2D eigenvalue weighted by Gasteiger charge is 2.30. The Balaban J connectivity index is 1.59. The number of carbonyl (C=O) groups is 1. The van der Waals surface area contributed by atoms with Gasteiger partial charge in [0.15, 0.2) is 5.96 Å². The first-order valence-electron chi connectivity index (χ1n) is 9.05. The normalized spacial score (nSPS) is 20.5. The zero-order chi connectivity index (χ0) is 16.7. The summed E-state index contributed by atoms with van der Waals surface area (Å²) in [5.41, 5.74) is 0. The Morgan fingerprint density at radius 1 is 1.17 bits per heavy atom. The number of amides is 1. The molecule has 1 aliphatic carbocycles. The smallest absolute Gasteiger partial charge is 0.225 e. The average molecular weight is 323 g/mol. The van der Waals surface area contributed by atoms with E-state index in [1.165, 1.54) is 6.42 Å². The first-order chi connectivity index (χ1) is 11.1. The molecule has 1 saturated carbocycles. The fourth-order valence-electron chi connectivity index (χ4n) is 2.96. The van der Waals surface area contributed by atoms with Crippen LogP contribution in [-0.4, -0.2) is 74.5 Å². The molecule has 0 aromatic rings. The van der Waals surface area contributed by atoms with Gasteiger partial charge in [-0.05, 0) is 18.8 Å². The molecule has 0 bridgehead atoms. The molecule has 1 amide bonds. The van der Waals surface area contributed by atoms with Crippen LogP contribution >= 0.6 is 0 Å². The molecule has 0 aromatic heterocycles. The van der Waals surface area contributed by atoms with Crippen LogP contribution in [0.1, 0.15) is 33.1 Å². The topological polar surface area (TPSA) is 60.0 Å². The second-order valence-corrected chi connectivity index (χ2v) is 7.07. The molecule has 0 aromatic carbocycles. The first kappa shape index (κ1) is 18.0. The Labute approximate surface area is 140 Å². The second-order valence-electron chi connectivity index (χ2n) is 7.07. The number of piperazine rings is 1. The molecule has 2 aliphatic rings. The summed E-state index contributed by atoms with van der Waals surface area (Å²) in [6, 6.07) is 0. The van der Waals surface area contributed by atoms with Crippen molar-refractivity contribution in [1.82, 2.24) is 20.4 Å². The predicted octanol–water partition coefficient (Wildman–Crippen LogP) is 0.752. The Hall–Kier alpha value is -1.30. The van der Waals surface area contributed by atoms with Crippen LogP contribution in [0, 0.1) is 11.8 Å². The van der Waals surface area contributed by atoms with Crippen LogP contribution in [-0.2, 0) is 4.79 Å². The highest BCUT2D eigenvalue weighted by molar-refractivity contribution is 5.80. The van der Waals surface area contributed by atoms with Crippen molar-refractivity contribution >= 4 is 11.9 Å². The number of guanidine groups is 1. The van der Waals surface area contributed by atoms with Gasteiger partial charge in [0, 0.05) is 58.8 Å². The Morgan fingerprint density at radius 2 is 1.87 bits per heavy atom. The number of nitrogens with zero attached hydrogens (tertiary/aromatic N) is 3. The number of carbonyl (C=O) groups excluding carboxylic acids is 1. The number of aliphatic imine (C=N–C) groups is 1. The van der Waals surface area contributed by atoms with Crippen molar-refractivity contribution in [2.24, 2.45) is 16.8 Å². The van der Waals surface area contributed by atoms with Crippen molar-refractivity contribution in [3.05, 3.63) is 0 Å². The molecule has 0 spiro atoms. The van der Waals surface area contributed by atoms with Crippen LogP contribution in [0.15, 0.2) is 4.99 Å². The van der Waals surface area contributed by atoms with E-state index in [1.807, 2.05) is 0 Å². The molecule has 0 radical (unpaired) electrons. The maximum atomic E-state index is 12.2. The van der Waals surface area contributed by atoms with E-state index in [2.05, 4.69) is 39.3 Å². The maximum absolute atomic E-state index is 12.2. The van der Waals surface area contributed by atoms with E-state index in [4.69, 9.17) is 0 Å². The van der Waals surface area contributed by atoms with E-state index in [1.54, 1.807) is 7.05 Å². The van der Waals surface area contributed by atoms with E-state index in [-0.39, 0.29) is 0 Å². The lowest BCUT2D eigenvalue weighted by Crippen LogP contribution is -2.52. The lowest BCUT2D eigenvalue weighted by Gasteiger charge is -2.38. The molecular formula is C17H33N5O. The SMILES string of the molecule is CN=C(NCCN1CCN(C(=O)C2CCC2)CC1)NCC(C)C. The Bertz CT molecular complexity index is 398. The monoisotopic (exact) mass is 323 g/mol. The third-order valence-electron chi connectivity index (χ3n) is 4.76. The summed E-state index contributed by atoms with van der Waals surface area (Å²) in [7, 11) is 1.81. The van der Waals surface area contributed by atoms with Gasteiger partial charge in [-0.15, -0.1) is 0 Å². The summed E-state index contributed by atoms with van der Waals surface area (Å²) in [5.74, 6) is 2.21. The minimum atomic E-state index is 0.332. The van der Waals surface area contributed by atoms with Crippen molar-refractivity contribution in [1.29, 1.82) is 0 Å². The van der Waals surface area contributed by atoms with Gasteiger partial charge in [0.25, 0.3) is 0 Å². The minimum absolute atomic E-state index is 0.332. The molecule has 6 nitrogen and oxygen atoms in total. The van der Waals surface area contributed by atoms with E-state index >= 15 is 0 Å². The zero-order valence-corrected chi connectivity index (χ0v) is 15.0. The lowest BCUT2D eigenvalue weighted by molar-refractivity contribution is -0.139. The van der Waals surface area contributed by atoms with Crippen molar-refractivity contribution in [2.45, 2.75) is 33.1 Å². The summed E-state index contributed by atoms with van der Waals surface area (Å²) in [6.07, 6.45) is 3.44. The molecule has 2 N–H and O–H groups in total. The molecule has 132 valence electrons. The van der Waals surface area contributed by atoms with E-state index in [9.17, 15) is 4.79 Å². The van der Waals surface area contributed by atoms with Crippen LogP contribution in [0.2, 0.25) is 0 Å². The molecule has 23 heavy (non-hydrogen) atoms. The van der Waals surface area contributed by atoms with Crippen LogP contribution < -0.4 is 10.6 Å². The lowest BCUT2D eigenvalue weighted by atomic mass is 9.84. The predicted molar refractivity (Wildman–Crippen MR) is 94.6 cm³/mol.